The number of nitriles is 1. The van der Waals surface area contributed by atoms with Crippen LogP contribution in [0.3, 0.4) is 0 Å². The van der Waals surface area contributed by atoms with E-state index in [0.717, 1.165) is 22.3 Å². The summed E-state index contributed by atoms with van der Waals surface area (Å²) in [6.07, 6.45) is 3.70. The maximum absolute atomic E-state index is 11.6. The van der Waals surface area contributed by atoms with E-state index in [2.05, 4.69) is 4.98 Å². The van der Waals surface area contributed by atoms with Gasteiger partial charge in [-0.3, -0.25) is 9.78 Å². The number of nitrogens with zero attached hydrogens (tertiary/aromatic N) is 2. The van der Waals surface area contributed by atoms with E-state index < -0.39 is 0 Å². The number of pyridine rings is 1. The number of hydrogen-bond donors (Lipinski definition) is 1. The average molecular weight is 519 g/mol. The number of ether oxygens (including phenoxy) is 2. The fraction of sp³-hybridized carbons (Fsp3) is 0.107. The van der Waals surface area contributed by atoms with E-state index in [-0.39, 0.29) is 34.6 Å². The molecule has 8 heteroatoms. The highest BCUT2D eigenvalue weighted by Crippen LogP contribution is 2.37. The molecule has 4 rings (SSSR count). The van der Waals surface area contributed by atoms with Crippen LogP contribution in [0.1, 0.15) is 32.6 Å². The second-order valence-corrected chi connectivity index (χ2v) is 8.72. The number of rotatable bonds is 8. The van der Waals surface area contributed by atoms with Gasteiger partial charge < -0.3 is 14.6 Å². The van der Waals surface area contributed by atoms with Crippen molar-refractivity contribution in [3.05, 3.63) is 105 Å². The lowest BCUT2D eigenvalue weighted by Gasteiger charge is -2.16. The first kappa shape index (κ1) is 25.1. The van der Waals surface area contributed by atoms with E-state index in [9.17, 15) is 9.90 Å². The van der Waals surface area contributed by atoms with Gasteiger partial charge in [-0.1, -0.05) is 53.5 Å². The van der Waals surface area contributed by atoms with Crippen LogP contribution in [0, 0.1) is 18.3 Å². The van der Waals surface area contributed by atoms with Crippen molar-refractivity contribution in [1.29, 1.82) is 5.26 Å². The van der Waals surface area contributed by atoms with Gasteiger partial charge in [0.2, 0.25) is 0 Å². The molecule has 0 fully saturated rings. The van der Waals surface area contributed by atoms with Crippen molar-refractivity contribution in [1.82, 2.24) is 4.98 Å². The Hall–Kier alpha value is -4.05. The molecule has 180 valence electrons. The molecule has 0 aliphatic heterocycles. The van der Waals surface area contributed by atoms with E-state index in [1.165, 1.54) is 18.3 Å². The van der Waals surface area contributed by atoms with E-state index in [0.29, 0.717) is 28.9 Å². The molecule has 1 N–H and O–H groups in total. The maximum atomic E-state index is 11.6. The predicted octanol–water partition coefficient (Wildman–Crippen LogP) is 6.91. The molecular formula is C28H20Cl2N2O4. The maximum Gasteiger partial charge on any atom is 0.153 e. The Kier molecular flexibility index (Phi) is 7.74. The summed E-state index contributed by atoms with van der Waals surface area (Å²) >= 11 is 12.7. The first-order chi connectivity index (χ1) is 17.4. The summed E-state index contributed by atoms with van der Waals surface area (Å²) in [5, 5.41) is 19.6. The Labute approximate surface area is 218 Å². The summed E-state index contributed by atoms with van der Waals surface area (Å²) in [6.45, 7) is 2.25. The van der Waals surface area contributed by atoms with E-state index in [4.69, 9.17) is 37.9 Å². The smallest absolute Gasteiger partial charge is 0.153 e. The number of benzene rings is 3. The number of aldehydes is 1. The number of aromatic nitrogens is 1. The third kappa shape index (κ3) is 5.44. The number of carbonyl (C=O) groups is 1. The molecule has 0 aliphatic rings. The topological polar surface area (TPSA) is 92.4 Å². The van der Waals surface area contributed by atoms with Gasteiger partial charge in [-0.05, 0) is 41.8 Å². The fourth-order valence-electron chi connectivity index (χ4n) is 3.68. The van der Waals surface area contributed by atoms with Gasteiger partial charge in [-0.2, -0.15) is 5.26 Å². The van der Waals surface area contributed by atoms with Crippen LogP contribution in [-0.2, 0) is 13.2 Å². The Morgan fingerprint density at radius 3 is 2.53 bits per heavy atom. The van der Waals surface area contributed by atoms with Crippen molar-refractivity contribution in [3.8, 4) is 34.4 Å². The number of halogens is 2. The lowest BCUT2D eigenvalue weighted by molar-refractivity contribution is 0.111. The van der Waals surface area contributed by atoms with Gasteiger partial charge in [0.15, 0.2) is 6.29 Å². The van der Waals surface area contributed by atoms with Crippen molar-refractivity contribution in [3.63, 3.8) is 0 Å². The number of carbonyl (C=O) groups excluding carboxylic acids is 1. The molecule has 0 radical (unpaired) electrons. The minimum absolute atomic E-state index is 0.0138. The van der Waals surface area contributed by atoms with Gasteiger partial charge in [0.1, 0.15) is 36.5 Å². The second-order valence-electron chi connectivity index (χ2n) is 7.94. The first-order valence-corrected chi connectivity index (χ1v) is 11.6. The molecule has 0 spiro atoms. The summed E-state index contributed by atoms with van der Waals surface area (Å²) in [6, 6.07) is 17.6. The highest BCUT2D eigenvalue weighted by molar-refractivity contribution is 6.34. The van der Waals surface area contributed by atoms with Gasteiger partial charge in [-0.15, -0.1) is 0 Å². The van der Waals surface area contributed by atoms with Crippen molar-refractivity contribution < 1.29 is 19.4 Å². The quantitative estimate of drug-likeness (QED) is 0.254. The highest BCUT2D eigenvalue weighted by atomic mass is 35.5. The Morgan fingerprint density at radius 1 is 1.00 bits per heavy atom. The van der Waals surface area contributed by atoms with Gasteiger partial charge in [0.05, 0.1) is 21.2 Å². The van der Waals surface area contributed by atoms with Crippen LogP contribution in [0.2, 0.25) is 10.0 Å². The average Bonchev–Trinajstić information content (AvgIpc) is 2.89. The molecule has 3 aromatic carbocycles. The number of phenols is 1. The molecule has 0 aliphatic carbocycles. The zero-order chi connectivity index (χ0) is 25.7. The summed E-state index contributed by atoms with van der Waals surface area (Å²) < 4.78 is 11.8. The van der Waals surface area contributed by atoms with Gasteiger partial charge in [0, 0.05) is 29.6 Å². The molecule has 0 unspecified atom stereocenters. The molecular weight excluding hydrogens is 499 g/mol. The van der Waals surface area contributed by atoms with Crippen LogP contribution in [0.25, 0.3) is 11.1 Å². The van der Waals surface area contributed by atoms with Crippen molar-refractivity contribution in [2.45, 2.75) is 20.1 Å². The molecule has 1 heterocycles. The van der Waals surface area contributed by atoms with Crippen LogP contribution < -0.4 is 9.47 Å². The molecule has 4 aromatic rings. The zero-order valence-electron chi connectivity index (χ0n) is 19.2. The minimum atomic E-state index is 0.0138. The predicted molar refractivity (Wildman–Crippen MR) is 138 cm³/mol. The SMILES string of the molecule is Cc1c(COc2cc(OCc3cncc(C#N)c3)c(C=O)cc2Cl)cccc1-c1cccc(O)c1Cl. The fourth-order valence-corrected chi connectivity index (χ4v) is 4.14. The molecule has 36 heavy (non-hydrogen) atoms. The molecule has 0 saturated carbocycles. The third-order valence-corrected chi connectivity index (χ3v) is 6.30. The van der Waals surface area contributed by atoms with Gasteiger partial charge in [-0.25, -0.2) is 0 Å². The standard InChI is InChI=1S/C28H20Cl2N2O4/c1-17-20(4-2-5-22(17)23-6-3-7-25(34)28(23)30)16-36-27-10-26(21(14-33)9-24(27)29)35-15-19-8-18(11-31)12-32-13-19/h2-10,12-14,34H,15-16H2,1H3. The lowest BCUT2D eigenvalue weighted by Crippen LogP contribution is -2.03. The van der Waals surface area contributed by atoms with E-state index >= 15 is 0 Å². The van der Waals surface area contributed by atoms with Crippen LogP contribution in [0.15, 0.2) is 67.0 Å². The van der Waals surface area contributed by atoms with Crippen molar-refractivity contribution >= 4 is 29.5 Å². The molecule has 6 nitrogen and oxygen atoms in total. The van der Waals surface area contributed by atoms with Crippen molar-refractivity contribution in [2.75, 3.05) is 0 Å². The monoisotopic (exact) mass is 518 g/mol. The third-order valence-electron chi connectivity index (χ3n) is 5.61. The zero-order valence-corrected chi connectivity index (χ0v) is 20.7. The number of hydrogen-bond acceptors (Lipinski definition) is 6. The highest BCUT2D eigenvalue weighted by Gasteiger charge is 2.15. The largest absolute Gasteiger partial charge is 0.506 e. The van der Waals surface area contributed by atoms with Crippen LogP contribution in [0.4, 0.5) is 0 Å². The van der Waals surface area contributed by atoms with Crippen LogP contribution >= 0.6 is 23.2 Å². The normalized spacial score (nSPS) is 10.5. The summed E-state index contributed by atoms with van der Waals surface area (Å²) in [4.78, 5) is 15.6. The summed E-state index contributed by atoms with van der Waals surface area (Å²) in [5.41, 5.74) is 4.79. The van der Waals surface area contributed by atoms with Gasteiger partial charge in [0.25, 0.3) is 0 Å². The summed E-state index contributed by atoms with van der Waals surface area (Å²) in [7, 11) is 0. The molecule has 0 saturated heterocycles. The second kappa shape index (κ2) is 11.1. The van der Waals surface area contributed by atoms with Crippen molar-refractivity contribution in [2.24, 2.45) is 0 Å². The number of aromatic hydroxyl groups is 1. The minimum Gasteiger partial charge on any atom is -0.506 e. The molecule has 1 aromatic heterocycles. The number of phenolic OH excluding ortho intramolecular Hbond substituents is 1. The van der Waals surface area contributed by atoms with Crippen LogP contribution in [-0.4, -0.2) is 16.4 Å². The Morgan fingerprint density at radius 2 is 1.75 bits per heavy atom. The molecule has 0 amide bonds. The molecule has 0 bridgehead atoms. The Bertz CT molecular complexity index is 1480. The first-order valence-electron chi connectivity index (χ1n) is 10.9. The molecule has 0 atom stereocenters. The van der Waals surface area contributed by atoms with Crippen LogP contribution in [0.5, 0.6) is 17.2 Å². The summed E-state index contributed by atoms with van der Waals surface area (Å²) in [5.74, 6) is 0.657. The Balaban J connectivity index is 1.56. The van der Waals surface area contributed by atoms with Gasteiger partial charge >= 0.3 is 0 Å². The van der Waals surface area contributed by atoms with E-state index in [1.54, 1.807) is 24.4 Å². The van der Waals surface area contributed by atoms with E-state index in [1.807, 2.05) is 37.3 Å². The lowest BCUT2D eigenvalue weighted by atomic mass is 9.96.